The summed E-state index contributed by atoms with van der Waals surface area (Å²) < 4.78 is 5.13. The van der Waals surface area contributed by atoms with Gasteiger partial charge in [0.2, 0.25) is 5.91 Å². The molecule has 0 saturated carbocycles. The molecule has 1 amide bonds. The number of rotatable bonds is 3. The van der Waals surface area contributed by atoms with E-state index in [1.54, 1.807) is 0 Å². The Balaban J connectivity index is 1.87. The molecule has 0 aromatic rings. The van der Waals surface area contributed by atoms with Crippen LogP contribution in [0.15, 0.2) is 0 Å². The van der Waals surface area contributed by atoms with Crippen molar-refractivity contribution in [2.75, 3.05) is 19.8 Å². The summed E-state index contributed by atoms with van der Waals surface area (Å²) >= 11 is 0. The van der Waals surface area contributed by atoms with E-state index >= 15 is 0 Å². The summed E-state index contributed by atoms with van der Waals surface area (Å²) in [5, 5.41) is 15.0. The molecule has 0 aromatic heterocycles. The van der Waals surface area contributed by atoms with Crippen LogP contribution in [0.1, 0.15) is 25.7 Å². The van der Waals surface area contributed by atoms with E-state index in [0.717, 1.165) is 32.2 Å². The highest BCUT2D eigenvalue weighted by molar-refractivity contribution is 5.83. The lowest BCUT2D eigenvalue weighted by Crippen LogP contribution is -2.50. The zero-order chi connectivity index (χ0) is 13.0. The lowest BCUT2D eigenvalue weighted by Gasteiger charge is -2.20. The maximum absolute atomic E-state index is 12.1. The second-order valence-corrected chi connectivity index (χ2v) is 4.95. The second kappa shape index (κ2) is 6.15. The number of hydrogen-bond donors (Lipinski definition) is 3. The van der Waals surface area contributed by atoms with Gasteiger partial charge in [-0.3, -0.25) is 9.59 Å². The molecule has 0 radical (unpaired) electrons. The van der Waals surface area contributed by atoms with E-state index in [9.17, 15) is 9.59 Å². The molecule has 3 atom stereocenters. The van der Waals surface area contributed by atoms with Crippen molar-refractivity contribution in [2.24, 2.45) is 5.92 Å². The predicted molar refractivity (Wildman–Crippen MR) is 64.1 cm³/mol. The highest BCUT2D eigenvalue weighted by Crippen LogP contribution is 2.15. The van der Waals surface area contributed by atoms with Crippen LogP contribution in [0, 0.1) is 5.92 Å². The van der Waals surface area contributed by atoms with Gasteiger partial charge in [0.05, 0.1) is 25.3 Å². The SMILES string of the molecule is O=C(NC1COCC1C(=O)O)C1CCCCCN1. The third-order valence-electron chi connectivity index (χ3n) is 3.60. The summed E-state index contributed by atoms with van der Waals surface area (Å²) in [7, 11) is 0. The Morgan fingerprint density at radius 3 is 2.83 bits per heavy atom. The summed E-state index contributed by atoms with van der Waals surface area (Å²) in [4.78, 5) is 23.0. The van der Waals surface area contributed by atoms with Crippen LogP contribution >= 0.6 is 0 Å². The molecule has 18 heavy (non-hydrogen) atoms. The van der Waals surface area contributed by atoms with E-state index in [2.05, 4.69) is 10.6 Å². The number of aliphatic carboxylic acids is 1. The number of carbonyl (C=O) groups is 2. The molecule has 2 rings (SSSR count). The van der Waals surface area contributed by atoms with Crippen molar-refractivity contribution in [2.45, 2.75) is 37.8 Å². The Morgan fingerprint density at radius 1 is 1.22 bits per heavy atom. The number of amides is 1. The Morgan fingerprint density at radius 2 is 2.06 bits per heavy atom. The van der Waals surface area contributed by atoms with Gasteiger partial charge in [-0.2, -0.15) is 0 Å². The summed E-state index contributed by atoms with van der Waals surface area (Å²) in [5.41, 5.74) is 0. The van der Waals surface area contributed by atoms with E-state index < -0.39 is 17.9 Å². The first kappa shape index (κ1) is 13.3. The number of carbonyl (C=O) groups excluding carboxylic acids is 1. The number of nitrogens with one attached hydrogen (secondary N) is 2. The monoisotopic (exact) mass is 256 g/mol. The standard InChI is InChI=1S/C12H20N2O4/c15-11(9-4-2-1-3-5-13-9)14-10-7-18-6-8(10)12(16)17/h8-10,13H,1-7H2,(H,14,15)(H,16,17). The summed E-state index contributed by atoms with van der Waals surface area (Å²) in [6.07, 6.45) is 4.08. The van der Waals surface area contributed by atoms with Crippen molar-refractivity contribution in [3.63, 3.8) is 0 Å². The van der Waals surface area contributed by atoms with Gasteiger partial charge >= 0.3 is 5.97 Å². The van der Waals surface area contributed by atoms with Gasteiger partial charge < -0.3 is 20.5 Å². The van der Waals surface area contributed by atoms with Gasteiger partial charge in [-0.25, -0.2) is 0 Å². The molecular formula is C12H20N2O4. The van der Waals surface area contributed by atoms with Crippen molar-refractivity contribution < 1.29 is 19.4 Å². The van der Waals surface area contributed by atoms with Gasteiger partial charge in [-0.15, -0.1) is 0 Å². The Bertz CT molecular complexity index is 313. The Kier molecular flexibility index (Phi) is 4.54. The van der Waals surface area contributed by atoms with Crippen molar-refractivity contribution in [3.05, 3.63) is 0 Å². The van der Waals surface area contributed by atoms with Crippen LogP contribution in [-0.4, -0.2) is 48.8 Å². The molecule has 0 aliphatic carbocycles. The molecule has 2 fully saturated rings. The summed E-state index contributed by atoms with van der Waals surface area (Å²) in [5.74, 6) is -1.63. The average Bonchev–Trinajstić information content (AvgIpc) is 2.63. The topological polar surface area (TPSA) is 87.7 Å². The highest BCUT2D eigenvalue weighted by Gasteiger charge is 2.36. The number of carboxylic acids is 1. The fourth-order valence-electron chi connectivity index (χ4n) is 2.48. The normalized spacial score (nSPS) is 32.8. The fourth-order valence-corrected chi connectivity index (χ4v) is 2.48. The van der Waals surface area contributed by atoms with Crippen LogP contribution in [-0.2, 0) is 14.3 Å². The number of ether oxygens (including phenoxy) is 1. The summed E-state index contributed by atoms with van der Waals surface area (Å²) in [6, 6.07) is -0.595. The fraction of sp³-hybridized carbons (Fsp3) is 0.833. The van der Waals surface area contributed by atoms with Gasteiger partial charge in [0.25, 0.3) is 0 Å². The molecular weight excluding hydrogens is 236 g/mol. The van der Waals surface area contributed by atoms with Crippen LogP contribution in [0.2, 0.25) is 0 Å². The number of hydrogen-bond acceptors (Lipinski definition) is 4. The molecule has 3 N–H and O–H groups in total. The van der Waals surface area contributed by atoms with Gasteiger partial charge in [0.15, 0.2) is 0 Å². The molecule has 2 heterocycles. The molecule has 2 aliphatic rings. The smallest absolute Gasteiger partial charge is 0.311 e. The molecule has 0 bridgehead atoms. The van der Waals surface area contributed by atoms with Gasteiger partial charge in [0, 0.05) is 0 Å². The second-order valence-electron chi connectivity index (χ2n) is 4.95. The molecule has 2 saturated heterocycles. The Hall–Kier alpha value is -1.14. The van der Waals surface area contributed by atoms with Crippen LogP contribution in [0.25, 0.3) is 0 Å². The first-order valence-corrected chi connectivity index (χ1v) is 6.53. The molecule has 0 aromatic carbocycles. The lowest BCUT2D eigenvalue weighted by molar-refractivity contribution is -0.142. The first-order chi connectivity index (χ1) is 8.68. The minimum Gasteiger partial charge on any atom is -0.481 e. The zero-order valence-corrected chi connectivity index (χ0v) is 10.4. The molecule has 102 valence electrons. The summed E-state index contributed by atoms with van der Waals surface area (Å²) in [6.45, 7) is 1.31. The van der Waals surface area contributed by atoms with Gasteiger partial charge in [-0.05, 0) is 19.4 Å². The van der Waals surface area contributed by atoms with Gasteiger partial charge in [0.1, 0.15) is 5.92 Å². The van der Waals surface area contributed by atoms with Crippen LogP contribution in [0.4, 0.5) is 0 Å². The molecule has 6 nitrogen and oxygen atoms in total. The van der Waals surface area contributed by atoms with E-state index in [1.807, 2.05) is 0 Å². The Labute approximate surface area is 106 Å². The highest BCUT2D eigenvalue weighted by atomic mass is 16.5. The number of carboxylic acid groups (broad SMARTS) is 1. The third kappa shape index (κ3) is 3.20. The average molecular weight is 256 g/mol. The van der Waals surface area contributed by atoms with Crippen LogP contribution < -0.4 is 10.6 Å². The molecule has 0 spiro atoms. The largest absolute Gasteiger partial charge is 0.481 e. The maximum Gasteiger partial charge on any atom is 0.311 e. The minimum atomic E-state index is -0.911. The van der Waals surface area contributed by atoms with Crippen molar-refractivity contribution in [3.8, 4) is 0 Å². The van der Waals surface area contributed by atoms with Crippen molar-refractivity contribution >= 4 is 11.9 Å². The third-order valence-corrected chi connectivity index (χ3v) is 3.60. The van der Waals surface area contributed by atoms with Gasteiger partial charge in [-0.1, -0.05) is 12.8 Å². The van der Waals surface area contributed by atoms with Crippen LogP contribution in [0.5, 0.6) is 0 Å². The van der Waals surface area contributed by atoms with E-state index in [4.69, 9.17) is 9.84 Å². The first-order valence-electron chi connectivity index (χ1n) is 6.53. The predicted octanol–water partition coefficient (Wildman–Crippen LogP) is -0.266. The van der Waals surface area contributed by atoms with Crippen molar-refractivity contribution in [1.29, 1.82) is 0 Å². The molecule has 3 unspecified atom stereocenters. The quantitative estimate of drug-likeness (QED) is 0.647. The lowest BCUT2D eigenvalue weighted by atomic mass is 10.0. The van der Waals surface area contributed by atoms with E-state index in [-0.39, 0.29) is 25.2 Å². The maximum atomic E-state index is 12.1. The minimum absolute atomic E-state index is 0.0985. The van der Waals surface area contributed by atoms with Crippen LogP contribution in [0.3, 0.4) is 0 Å². The zero-order valence-electron chi connectivity index (χ0n) is 10.4. The van der Waals surface area contributed by atoms with E-state index in [0.29, 0.717) is 0 Å². The van der Waals surface area contributed by atoms with E-state index in [1.165, 1.54) is 0 Å². The molecule has 6 heteroatoms. The molecule has 2 aliphatic heterocycles. The van der Waals surface area contributed by atoms with Crippen molar-refractivity contribution in [1.82, 2.24) is 10.6 Å².